The van der Waals surface area contributed by atoms with Crippen molar-refractivity contribution in [1.29, 1.82) is 0 Å². The molecule has 1 atom stereocenters. The maximum absolute atomic E-state index is 12.2. The minimum Gasteiger partial charge on any atom is -0.480 e. The number of ether oxygens (including phenoxy) is 3. The van der Waals surface area contributed by atoms with Crippen LogP contribution in [0.5, 0.6) is 11.5 Å². The fourth-order valence-electron chi connectivity index (χ4n) is 4.52. The van der Waals surface area contributed by atoms with Crippen LogP contribution < -0.4 is 10.1 Å². The number of amides is 1. The minimum atomic E-state index is -1.92. The minimum absolute atomic E-state index is 0.0906. The van der Waals surface area contributed by atoms with Crippen LogP contribution in [0.1, 0.15) is 52.7 Å². The van der Waals surface area contributed by atoms with Crippen LogP contribution in [0.25, 0.3) is 11.0 Å². The summed E-state index contributed by atoms with van der Waals surface area (Å²) >= 11 is 0. The Kier molecular flexibility index (Phi) is 12.5. The highest BCUT2D eigenvalue weighted by atomic mass is 28.4. The number of carboxylic acids is 1. The van der Waals surface area contributed by atoms with E-state index < -0.39 is 40.1 Å². The van der Waals surface area contributed by atoms with Gasteiger partial charge in [-0.3, -0.25) is 0 Å². The zero-order chi connectivity index (χ0) is 35.2. The molecule has 0 saturated heterocycles. The highest BCUT2D eigenvalue weighted by Gasteiger charge is 2.37. The molecule has 0 fully saturated rings. The molecule has 0 spiro atoms. The first-order chi connectivity index (χ1) is 21.6. The number of alkyl carbamates (subject to hydrolysis) is 1. The molecule has 2 N–H and O–H groups in total. The molecule has 1 aromatic carbocycles. The van der Waals surface area contributed by atoms with Gasteiger partial charge in [-0.15, -0.1) is 0 Å². The molecule has 0 aliphatic rings. The average molecular weight is 686 g/mol. The molecular weight excluding hydrogens is 631 g/mol. The Balaban J connectivity index is 1.83. The maximum atomic E-state index is 12.2. The van der Waals surface area contributed by atoms with Gasteiger partial charge in [0.15, 0.2) is 8.32 Å². The number of carbonyl (C=O) groups is 2. The number of nitrogens with zero attached hydrogens (tertiary/aromatic N) is 2. The van der Waals surface area contributed by atoms with Crippen LogP contribution in [0.2, 0.25) is 43.8 Å². The van der Waals surface area contributed by atoms with Crippen LogP contribution in [-0.4, -0.2) is 68.0 Å². The summed E-state index contributed by atoms with van der Waals surface area (Å²) < 4.78 is 26.3. The van der Waals surface area contributed by atoms with Crippen molar-refractivity contribution in [2.45, 2.75) is 117 Å². The molecule has 12 heteroatoms. The summed E-state index contributed by atoms with van der Waals surface area (Å²) in [6.07, 6.45) is 3.85. The van der Waals surface area contributed by atoms with Crippen molar-refractivity contribution in [2.24, 2.45) is 0 Å². The van der Waals surface area contributed by atoms with Gasteiger partial charge in [0.2, 0.25) is 0 Å². The number of carbonyl (C=O) groups excluding carboxylic acids is 1. The summed E-state index contributed by atoms with van der Waals surface area (Å²) in [5, 5.41) is 13.2. The van der Waals surface area contributed by atoms with Crippen molar-refractivity contribution in [3.63, 3.8) is 0 Å². The largest absolute Gasteiger partial charge is 0.480 e. The Bertz CT molecular complexity index is 1500. The predicted molar refractivity (Wildman–Crippen MR) is 192 cm³/mol. The number of carboxylic acid groups (broad SMARTS) is 1. The van der Waals surface area contributed by atoms with Crippen LogP contribution in [0.3, 0.4) is 0 Å². The van der Waals surface area contributed by atoms with E-state index in [0.29, 0.717) is 37.9 Å². The van der Waals surface area contributed by atoms with Crippen LogP contribution in [-0.2, 0) is 38.3 Å². The molecule has 1 amide bonds. The number of hydrogen-bond donors (Lipinski definition) is 2. The smallest absolute Gasteiger partial charge is 0.408 e. The van der Waals surface area contributed by atoms with Gasteiger partial charge >= 0.3 is 12.1 Å². The van der Waals surface area contributed by atoms with Crippen molar-refractivity contribution in [3.8, 4) is 11.5 Å². The maximum Gasteiger partial charge on any atom is 0.408 e. The molecule has 3 rings (SSSR count). The van der Waals surface area contributed by atoms with Gasteiger partial charge in [0.1, 0.15) is 35.5 Å². The van der Waals surface area contributed by atoms with E-state index in [1.807, 2.05) is 10.6 Å². The monoisotopic (exact) mass is 685 g/mol. The van der Waals surface area contributed by atoms with Crippen molar-refractivity contribution in [2.75, 3.05) is 13.2 Å². The van der Waals surface area contributed by atoms with Gasteiger partial charge in [0.05, 0.1) is 5.39 Å². The molecule has 0 saturated carbocycles. The van der Waals surface area contributed by atoms with Gasteiger partial charge in [0.25, 0.3) is 0 Å². The molecule has 2 aromatic heterocycles. The van der Waals surface area contributed by atoms with Gasteiger partial charge in [-0.2, -0.15) is 0 Å². The summed E-state index contributed by atoms with van der Waals surface area (Å²) in [4.78, 5) is 28.8. The average Bonchev–Trinajstić information content (AvgIpc) is 3.27. The molecule has 0 radical (unpaired) electrons. The molecule has 260 valence electrons. The molecular formula is C35H55N3O7Si2. The van der Waals surface area contributed by atoms with Gasteiger partial charge in [-0.05, 0) is 80.7 Å². The lowest BCUT2D eigenvalue weighted by Crippen LogP contribution is -2.44. The van der Waals surface area contributed by atoms with E-state index in [2.05, 4.69) is 65.0 Å². The summed E-state index contributed by atoms with van der Waals surface area (Å²) in [5.41, 5.74) is 1.85. The number of aromatic nitrogens is 2. The van der Waals surface area contributed by atoms with E-state index in [-0.39, 0.29) is 11.5 Å². The lowest BCUT2D eigenvalue weighted by molar-refractivity contribution is -0.139. The van der Waals surface area contributed by atoms with E-state index in [0.717, 1.165) is 28.2 Å². The van der Waals surface area contributed by atoms with Crippen molar-refractivity contribution in [3.05, 3.63) is 53.9 Å². The number of fused-ring (bicyclic) bond motifs is 1. The standard InChI is InChI=1S/C35H55N3O7Si2/c1-34(2,3)45-33(41)37-28(32(39)40)22-25-12-14-27(15-13-25)44-29-16-18-36-31-30(29)26(17-19-43-47(10,11)35(4,5)6)23-38(31)24-42-20-21-46(7,8)9/h12-16,18,23,28H,17,19-22,24H2,1-11H3,(H,37,41)(H,39,40)/t28-/m0/s1. The summed E-state index contributed by atoms with van der Waals surface area (Å²) in [5.74, 6) is 0.117. The number of nitrogens with one attached hydrogen (secondary N) is 1. The molecule has 2 heterocycles. The van der Waals surface area contributed by atoms with E-state index in [9.17, 15) is 14.7 Å². The molecule has 0 aliphatic heterocycles. The predicted octanol–water partition coefficient (Wildman–Crippen LogP) is 8.23. The highest BCUT2D eigenvalue weighted by molar-refractivity contribution is 6.76. The number of rotatable bonds is 15. The first-order valence-electron chi connectivity index (χ1n) is 16.3. The Morgan fingerprint density at radius 3 is 2.21 bits per heavy atom. The fraction of sp³-hybridized carbons (Fsp3) is 0.571. The summed E-state index contributed by atoms with van der Waals surface area (Å²) in [7, 11) is -3.14. The third-order valence-electron chi connectivity index (χ3n) is 8.24. The Morgan fingerprint density at radius 1 is 0.979 bits per heavy atom. The number of aliphatic carboxylic acids is 1. The van der Waals surface area contributed by atoms with Crippen LogP contribution in [0, 0.1) is 0 Å². The van der Waals surface area contributed by atoms with Gasteiger partial charge < -0.3 is 33.6 Å². The Labute approximate surface area is 282 Å². The molecule has 0 aliphatic carbocycles. The first kappa shape index (κ1) is 38.3. The normalized spacial score (nSPS) is 13.4. The fourth-order valence-corrected chi connectivity index (χ4v) is 6.32. The van der Waals surface area contributed by atoms with E-state index in [1.54, 1.807) is 51.2 Å². The van der Waals surface area contributed by atoms with Crippen LogP contribution >= 0.6 is 0 Å². The van der Waals surface area contributed by atoms with Crippen molar-refractivity contribution in [1.82, 2.24) is 14.9 Å². The van der Waals surface area contributed by atoms with Crippen LogP contribution in [0.15, 0.2) is 42.7 Å². The molecule has 3 aromatic rings. The highest BCUT2D eigenvalue weighted by Crippen LogP contribution is 2.37. The quantitative estimate of drug-likeness (QED) is 0.121. The molecule has 0 unspecified atom stereocenters. The zero-order valence-electron chi connectivity index (χ0n) is 30.2. The molecule has 47 heavy (non-hydrogen) atoms. The van der Waals surface area contributed by atoms with Gasteiger partial charge in [0, 0.05) is 40.1 Å². The Hall–Kier alpha value is -3.20. The second kappa shape index (κ2) is 15.4. The molecule has 0 bridgehead atoms. The van der Waals surface area contributed by atoms with Crippen molar-refractivity contribution >= 4 is 39.5 Å². The van der Waals surface area contributed by atoms with E-state index in [1.165, 1.54) is 0 Å². The number of pyridine rings is 1. The SMILES string of the molecule is CC(C)(C)OC(=O)N[C@@H](Cc1ccc(Oc2ccnc3c2c(CCO[Si](C)(C)C(C)(C)C)cn3COCC[Si](C)(C)C)cc1)C(=O)O. The first-order valence-corrected chi connectivity index (χ1v) is 22.9. The Morgan fingerprint density at radius 2 is 1.64 bits per heavy atom. The van der Waals surface area contributed by atoms with Gasteiger partial charge in [-0.25, -0.2) is 14.6 Å². The van der Waals surface area contributed by atoms with E-state index in [4.69, 9.17) is 23.6 Å². The second-order valence-corrected chi connectivity index (χ2v) is 26.3. The summed E-state index contributed by atoms with van der Waals surface area (Å²) in [6, 6.07) is 8.99. The topological polar surface area (TPSA) is 121 Å². The number of hydrogen-bond acceptors (Lipinski definition) is 7. The number of benzene rings is 1. The second-order valence-electron chi connectivity index (χ2n) is 15.8. The van der Waals surface area contributed by atoms with Crippen molar-refractivity contribution < 1.29 is 33.3 Å². The van der Waals surface area contributed by atoms with E-state index >= 15 is 0 Å². The third kappa shape index (κ3) is 11.8. The summed E-state index contributed by atoms with van der Waals surface area (Å²) in [6.45, 7) is 25.1. The lowest BCUT2D eigenvalue weighted by Gasteiger charge is -2.36. The molecule has 10 nitrogen and oxygen atoms in total. The third-order valence-corrected chi connectivity index (χ3v) is 14.5. The zero-order valence-corrected chi connectivity index (χ0v) is 32.2. The van der Waals surface area contributed by atoms with Gasteiger partial charge in [-0.1, -0.05) is 52.5 Å². The van der Waals surface area contributed by atoms with Crippen LogP contribution in [0.4, 0.5) is 4.79 Å². The lowest BCUT2D eigenvalue weighted by atomic mass is 10.1.